The summed E-state index contributed by atoms with van der Waals surface area (Å²) in [5, 5.41) is 0.724. The first-order valence-corrected chi connectivity index (χ1v) is 8.04. The van der Waals surface area contributed by atoms with Crippen molar-refractivity contribution < 1.29 is 19.1 Å². The van der Waals surface area contributed by atoms with Gasteiger partial charge in [0, 0.05) is 20.2 Å². The van der Waals surface area contributed by atoms with E-state index < -0.39 is 6.09 Å². The van der Waals surface area contributed by atoms with Gasteiger partial charge in [0.1, 0.15) is 11.5 Å². The number of nitrogens with zero attached hydrogens (tertiary/aromatic N) is 1. The average molecular weight is 378 g/mol. The van der Waals surface area contributed by atoms with Crippen molar-refractivity contribution in [3.8, 4) is 11.5 Å². The van der Waals surface area contributed by atoms with Crippen LogP contribution in [-0.2, 0) is 0 Å². The van der Waals surface area contributed by atoms with Gasteiger partial charge in [-0.25, -0.2) is 4.79 Å². The van der Waals surface area contributed by atoms with Gasteiger partial charge in [0.15, 0.2) is 5.76 Å². The molecule has 0 aromatic heterocycles. The summed E-state index contributed by atoms with van der Waals surface area (Å²) >= 11 is 12.1. The van der Waals surface area contributed by atoms with Crippen LogP contribution in [0.25, 0.3) is 6.08 Å². The van der Waals surface area contributed by atoms with E-state index in [9.17, 15) is 9.59 Å². The Labute approximate surface area is 154 Å². The minimum absolute atomic E-state index is 0.121. The van der Waals surface area contributed by atoms with Gasteiger partial charge in [-0.3, -0.25) is 4.79 Å². The lowest BCUT2D eigenvalue weighted by Crippen LogP contribution is -2.25. The molecule has 1 amide bonds. The maximum atomic E-state index is 12.5. The Bertz CT molecular complexity index is 906. The SMILES string of the molecule is CN(C)C(=O)Oc1ccc2c(c1)O/C(=C\c1cccc(Cl)c1Cl)C2=O. The molecule has 0 aliphatic carbocycles. The Balaban J connectivity index is 1.89. The predicted octanol–water partition coefficient (Wildman–Crippen LogP) is 4.67. The molecule has 0 spiro atoms. The summed E-state index contributed by atoms with van der Waals surface area (Å²) in [6, 6.07) is 9.70. The van der Waals surface area contributed by atoms with Crippen molar-refractivity contribution in [2.24, 2.45) is 0 Å². The fourth-order valence-electron chi connectivity index (χ4n) is 2.20. The molecule has 25 heavy (non-hydrogen) atoms. The number of halogens is 2. The first-order chi connectivity index (χ1) is 11.9. The maximum Gasteiger partial charge on any atom is 0.414 e. The lowest BCUT2D eigenvalue weighted by Gasteiger charge is -2.10. The van der Waals surface area contributed by atoms with Crippen LogP contribution in [0.1, 0.15) is 15.9 Å². The number of hydrogen-bond acceptors (Lipinski definition) is 4. The van der Waals surface area contributed by atoms with E-state index in [2.05, 4.69) is 0 Å². The molecule has 2 aromatic rings. The lowest BCUT2D eigenvalue weighted by molar-refractivity contribution is 0.101. The molecule has 0 fully saturated rings. The number of Topliss-reactive ketones (excluding diaryl/α,β-unsaturated/α-hetero) is 1. The monoisotopic (exact) mass is 377 g/mol. The molecule has 0 N–H and O–H groups in total. The molecule has 0 saturated heterocycles. The van der Waals surface area contributed by atoms with Crippen molar-refractivity contribution in [3.05, 3.63) is 63.3 Å². The van der Waals surface area contributed by atoms with E-state index in [1.807, 2.05) is 0 Å². The van der Waals surface area contributed by atoms with Gasteiger partial charge < -0.3 is 14.4 Å². The predicted molar refractivity (Wildman–Crippen MR) is 95.6 cm³/mol. The normalized spacial score (nSPS) is 14.2. The van der Waals surface area contributed by atoms with E-state index in [0.29, 0.717) is 26.9 Å². The Morgan fingerprint density at radius 1 is 1.20 bits per heavy atom. The third-order valence-electron chi connectivity index (χ3n) is 3.48. The van der Waals surface area contributed by atoms with Crippen LogP contribution in [0, 0.1) is 0 Å². The molecule has 5 nitrogen and oxygen atoms in total. The smallest absolute Gasteiger partial charge is 0.414 e. The number of hydrogen-bond donors (Lipinski definition) is 0. The van der Waals surface area contributed by atoms with Crippen LogP contribution in [0.5, 0.6) is 11.5 Å². The summed E-state index contributed by atoms with van der Waals surface area (Å²) in [4.78, 5) is 25.4. The van der Waals surface area contributed by atoms with Crippen LogP contribution >= 0.6 is 23.2 Å². The molecule has 0 bridgehead atoms. The average Bonchev–Trinajstić information content (AvgIpc) is 2.87. The lowest BCUT2D eigenvalue weighted by atomic mass is 10.1. The zero-order valence-electron chi connectivity index (χ0n) is 13.4. The second-order valence-electron chi connectivity index (χ2n) is 5.50. The highest BCUT2D eigenvalue weighted by Crippen LogP contribution is 2.36. The summed E-state index contributed by atoms with van der Waals surface area (Å²) in [6.07, 6.45) is 1.01. The summed E-state index contributed by atoms with van der Waals surface area (Å²) in [5.41, 5.74) is 0.957. The van der Waals surface area contributed by atoms with E-state index in [-0.39, 0.29) is 17.3 Å². The van der Waals surface area contributed by atoms with Gasteiger partial charge in [-0.1, -0.05) is 35.3 Å². The molecule has 0 unspecified atom stereocenters. The highest BCUT2D eigenvalue weighted by molar-refractivity contribution is 6.43. The molecule has 0 saturated carbocycles. The van der Waals surface area contributed by atoms with Crippen LogP contribution in [0.4, 0.5) is 4.79 Å². The first kappa shape index (κ1) is 17.3. The number of allylic oxidation sites excluding steroid dienone is 1. The van der Waals surface area contributed by atoms with Gasteiger partial charge >= 0.3 is 6.09 Å². The highest BCUT2D eigenvalue weighted by Gasteiger charge is 2.28. The fourth-order valence-corrected chi connectivity index (χ4v) is 2.56. The van der Waals surface area contributed by atoms with E-state index in [1.165, 1.54) is 23.1 Å². The van der Waals surface area contributed by atoms with Gasteiger partial charge in [0.2, 0.25) is 5.78 Å². The van der Waals surface area contributed by atoms with Crippen LogP contribution in [0.3, 0.4) is 0 Å². The first-order valence-electron chi connectivity index (χ1n) is 7.28. The second-order valence-corrected chi connectivity index (χ2v) is 6.29. The summed E-state index contributed by atoms with van der Waals surface area (Å²) < 4.78 is 10.8. The maximum absolute atomic E-state index is 12.5. The van der Waals surface area contributed by atoms with Crippen molar-refractivity contribution >= 4 is 41.2 Å². The van der Waals surface area contributed by atoms with Gasteiger partial charge in [0.05, 0.1) is 15.6 Å². The van der Waals surface area contributed by atoms with Crippen LogP contribution in [0.2, 0.25) is 10.0 Å². The van der Waals surface area contributed by atoms with Crippen molar-refractivity contribution in [1.29, 1.82) is 0 Å². The standard InChI is InChI=1S/C18H13Cl2NO4/c1-21(2)18(23)24-11-6-7-12-14(9-11)25-15(17(12)22)8-10-4-3-5-13(19)16(10)20/h3-9H,1-2H3/b15-8-. The summed E-state index contributed by atoms with van der Waals surface area (Å²) in [7, 11) is 3.15. The van der Waals surface area contributed by atoms with Crippen LogP contribution in [0.15, 0.2) is 42.2 Å². The van der Waals surface area contributed by atoms with Crippen molar-refractivity contribution in [3.63, 3.8) is 0 Å². The highest BCUT2D eigenvalue weighted by atomic mass is 35.5. The molecule has 1 aliphatic heterocycles. The number of carbonyl (C=O) groups excluding carboxylic acids is 2. The Morgan fingerprint density at radius 2 is 1.96 bits per heavy atom. The largest absolute Gasteiger partial charge is 0.452 e. The second kappa shape index (κ2) is 6.78. The molecule has 0 atom stereocenters. The molecule has 2 aromatic carbocycles. The third-order valence-corrected chi connectivity index (χ3v) is 4.31. The van der Waals surface area contributed by atoms with Crippen LogP contribution in [-0.4, -0.2) is 30.9 Å². The minimum atomic E-state index is -0.522. The molecular formula is C18H13Cl2NO4. The quantitative estimate of drug-likeness (QED) is 0.713. The molecule has 3 rings (SSSR count). The molecule has 0 radical (unpaired) electrons. The van der Waals surface area contributed by atoms with Gasteiger partial charge in [-0.05, 0) is 29.8 Å². The number of ketones is 1. The number of carbonyl (C=O) groups is 2. The number of amides is 1. The van der Waals surface area contributed by atoms with E-state index in [4.69, 9.17) is 32.7 Å². The molecule has 7 heteroatoms. The van der Waals surface area contributed by atoms with E-state index in [0.717, 1.165) is 0 Å². The topological polar surface area (TPSA) is 55.8 Å². The zero-order chi connectivity index (χ0) is 18.1. The zero-order valence-corrected chi connectivity index (χ0v) is 14.9. The number of ether oxygens (including phenoxy) is 2. The van der Waals surface area contributed by atoms with Gasteiger partial charge in [0.25, 0.3) is 0 Å². The molecule has 128 valence electrons. The number of fused-ring (bicyclic) bond motifs is 1. The van der Waals surface area contributed by atoms with Crippen molar-refractivity contribution in [2.75, 3.05) is 14.1 Å². The van der Waals surface area contributed by atoms with Crippen LogP contribution < -0.4 is 9.47 Å². The van der Waals surface area contributed by atoms with E-state index >= 15 is 0 Å². The van der Waals surface area contributed by atoms with Crippen molar-refractivity contribution in [2.45, 2.75) is 0 Å². The molecular weight excluding hydrogens is 365 g/mol. The van der Waals surface area contributed by atoms with E-state index in [1.54, 1.807) is 38.4 Å². The summed E-state index contributed by atoms with van der Waals surface area (Å²) in [6.45, 7) is 0. The Hall–Kier alpha value is -2.50. The number of rotatable bonds is 2. The van der Waals surface area contributed by atoms with Gasteiger partial charge in [-0.2, -0.15) is 0 Å². The molecule has 1 aliphatic rings. The van der Waals surface area contributed by atoms with Gasteiger partial charge in [-0.15, -0.1) is 0 Å². The fraction of sp³-hybridized carbons (Fsp3) is 0.111. The summed E-state index contributed by atoms with van der Waals surface area (Å²) in [5.74, 6) is 0.442. The Morgan fingerprint density at radius 3 is 2.68 bits per heavy atom. The minimum Gasteiger partial charge on any atom is -0.452 e. The van der Waals surface area contributed by atoms with Crippen molar-refractivity contribution in [1.82, 2.24) is 4.90 Å². The number of benzene rings is 2. The molecule has 1 heterocycles. The Kier molecular flexibility index (Phi) is 4.70. The third kappa shape index (κ3) is 3.48.